The summed E-state index contributed by atoms with van der Waals surface area (Å²) >= 11 is 0. The Kier molecular flexibility index (Phi) is 4.07. The second-order valence-corrected chi connectivity index (χ2v) is 4.12. The predicted octanol–water partition coefficient (Wildman–Crippen LogP) is 2.07. The van der Waals surface area contributed by atoms with E-state index in [1.165, 1.54) is 0 Å². The van der Waals surface area contributed by atoms with Gasteiger partial charge in [0.05, 0.1) is 0 Å². The molecule has 0 bridgehead atoms. The van der Waals surface area contributed by atoms with E-state index in [-0.39, 0.29) is 5.91 Å². The zero-order chi connectivity index (χ0) is 12.2. The van der Waals surface area contributed by atoms with Gasteiger partial charge in [-0.25, -0.2) is 0 Å². The third-order valence-corrected chi connectivity index (χ3v) is 3.00. The predicted molar refractivity (Wildman–Crippen MR) is 64.0 cm³/mol. The molecule has 3 nitrogen and oxygen atoms in total. The lowest BCUT2D eigenvalue weighted by Gasteiger charge is -2.37. The summed E-state index contributed by atoms with van der Waals surface area (Å²) in [6, 6.07) is 10.0. The van der Waals surface area contributed by atoms with Crippen molar-refractivity contribution in [3.8, 4) is 0 Å². The minimum atomic E-state index is -0.590. The average molecular weight is 221 g/mol. The van der Waals surface area contributed by atoms with E-state index < -0.39 is 5.72 Å². The Labute approximate surface area is 97.0 Å². The Morgan fingerprint density at radius 2 is 1.94 bits per heavy atom. The Balaban J connectivity index is 2.86. The number of nitrogens with zero attached hydrogens (tertiary/aromatic N) is 1. The molecule has 1 aromatic rings. The molecule has 3 heteroatoms. The van der Waals surface area contributed by atoms with Crippen LogP contribution in [0.1, 0.15) is 19.4 Å². The van der Waals surface area contributed by atoms with Crippen LogP contribution in [0, 0.1) is 0 Å². The van der Waals surface area contributed by atoms with Crippen LogP contribution in [0.2, 0.25) is 0 Å². The van der Waals surface area contributed by atoms with E-state index in [9.17, 15) is 4.79 Å². The van der Waals surface area contributed by atoms with Gasteiger partial charge in [-0.3, -0.25) is 4.79 Å². The van der Waals surface area contributed by atoms with Crippen LogP contribution < -0.4 is 0 Å². The van der Waals surface area contributed by atoms with Crippen LogP contribution >= 0.6 is 0 Å². The molecule has 1 amide bonds. The number of carbonyl (C=O) groups is 1. The lowest BCUT2D eigenvalue weighted by molar-refractivity contribution is -0.156. The van der Waals surface area contributed by atoms with Gasteiger partial charge in [0.15, 0.2) is 0 Å². The van der Waals surface area contributed by atoms with Crippen LogP contribution in [0.5, 0.6) is 0 Å². The molecule has 0 N–H and O–H groups in total. The normalized spacial score (nSPS) is 14.2. The standard InChI is InChI=1S/C13H19NO2/c1-11(15)14(3)13(2,16-4)10-12-8-6-5-7-9-12/h5-9H,10H2,1-4H3. The molecule has 0 aliphatic carbocycles. The van der Waals surface area contributed by atoms with Crippen LogP contribution in [0.3, 0.4) is 0 Å². The highest BCUT2D eigenvalue weighted by molar-refractivity contribution is 5.73. The Bertz CT molecular complexity index is 350. The number of ether oxygens (including phenoxy) is 1. The van der Waals surface area contributed by atoms with E-state index in [4.69, 9.17) is 4.74 Å². The lowest BCUT2D eigenvalue weighted by atomic mass is 10.0. The van der Waals surface area contributed by atoms with Gasteiger partial charge in [0.1, 0.15) is 5.72 Å². The number of hydrogen-bond donors (Lipinski definition) is 0. The van der Waals surface area contributed by atoms with Crippen molar-refractivity contribution < 1.29 is 9.53 Å². The first-order valence-electron chi connectivity index (χ1n) is 5.33. The van der Waals surface area contributed by atoms with E-state index in [1.807, 2.05) is 37.3 Å². The number of amides is 1. The van der Waals surface area contributed by atoms with Gasteiger partial charge in [0.25, 0.3) is 0 Å². The molecule has 0 aliphatic rings. The van der Waals surface area contributed by atoms with E-state index >= 15 is 0 Å². The third-order valence-electron chi connectivity index (χ3n) is 3.00. The quantitative estimate of drug-likeness (QED) is 0.728. The SMILES string of the molecule is COC(C)(Cc1ccccc1)N(C)C(C)=O. The Hall–Kier alpha value is -1.35. The van der Waals surface area contributed by atoms with Crippen molar-refractivity contribution in [3.05, 3.63) is 35.9 Å². The number of benzene rings is 1. The zero-order valence-electron chi connectivity index (χ0n) is 10.4. The van der Waals surface area contributed by atoms with Crippen molar-refractivity contribution in [1.82, 2.24) is 4.90 Å². The molecule has 0 aliphatic heterocycles. The van der Waals surface area contributed by atoms with Crippen molar-refractivity contribution >= 4 is 5.91 Å². The number of carbonyl (C=O) groups excluding carboxylic acids is 1. The molecular formula is C13H19NO2. The minimum Gasteiger partial charge on any atom is -0.359 e. The summed E-state index contributed by atoms with van der Waals surface area (Å²) in [5.41, 5.74) is 0.563. The highest BCUT2D eigenvalue weighted by Gasteiger charge is 2.30. The van der Waals surface area contributed by atoms with E-state index in [2.05, 4.69) is 0 Å². The lowest BCUT2D eigenvalue weighted by Crippen LogP contribution is -2.49. The molecule has 0 saturated heterocycles. The fourth-order valence-corrected chi connectivity index (χ4v) is 1.64. The largest absolute Gasteiger partial charge is 0.359 e. The molecule has 0 aromatic heterocycles. The molecule has 1 aromatic carbocycles. The smallest absolute Gasteiger partial charge is 0.221 e. The maximum atomic E-state index is 11.4. The fourth-order valence-electron chi connectivity index (χ4n) is 1.64. The van der Waals surface area contributed by atoms with Crippen LogP contribution in [-0.4, -0.2) is 30.7 Å². The van der Waals surface area contributed by atoms with Crippen molar-refractivity contribution in [2.75, 3.05) is 14.2 Å². The highest BCUT2D eigenvalue weighted by Crippen LogP contribution is 2.20. The molecule has 16 heavy (non-hydrogen) atoms. The van der Waals surface area contributed by atoms with Gasteiger partial charge in [-0.1, -0.05) is 30.3 Å². The summed E-state index contributed by atoms with van der Waals surface area (Å²) in [7, 11) is 3.39. The Morgan fingerprint density at radius 1 is 1.38 bits per heavy atom. The number of rotatable bonds is 4. The van der Waals surface area contributed by atoms with Crippen LogP contribution in [-0.2, 0) is 16.0 Å². The van der Waals surface area contributed by atoms with Gasteiger partial charge in [0, 0.05) is 27.5 Å². The first kappa shape index (κ1) is 12.7. The average Bonchev–Trinajstić information content (AvgIpc) is 2.29. The van der Waals surface area contributed by atoms with Crippen molar-refractivity contribution in [3.63, 3.8) is 0 Å². The molecule has 88 valence electrons. The number of likely N-dealkylation sites (N-methyl/N-ethyl adjacent to an activating group) is 1. The first-order chi connectivity index (χ1) is 7.49. The molecule has 1 atom stereocenters. The van der Waals surface area contributed by atoms with Gasteiger partial charge < -0.3 is 9.64 Å². The third kappa shape index (κ3) is 2.83. The summed E-state index contributed by atoms with van der Waals surface area (Å²) in [6.45, 7) is 3.46. The molecule has 0 heterocycles. The van der Waals surface area contributed by atoms with Crippen LogP contribution in [0.25, 0.3) is 0 Å². The topological polar surface area (TPSA) is 29.5 Å². The van der Waals surface area contributed by atoms with Gasteiger partial charge in [-0.2, -0.15) is 0 Å². The van der Waals surface area contributed by atoms with Crippen molar-refractivity contribution in [1.29, 1.82) is 0 Å². The summed E-state index contributed by atoms with van der Waals surface area (Å²) in [5.74, 6) is 0.000260. The second kappa shape index (κ2) is 5.12. The zero-order valence-corrected chi connectivity index (χ0v) is 10.4. The van der Waals surface area contributed by atoms with Gasteiger partial charge in [0.2, 0.25) is 5.91 Å². The molecule has 1 rings (SSSR count). The monoisotopic (exact) mass is 221 g/mol. The summed E-state index contributed by atoms with van der Waals surface area (Å²) < 4.78 is 5.47. The molecule has 0 spiro atoms. The second-order valence-electron chi connectivity index (χ2n) is 4.12. The number of methoxy groups -OCH3 is 1. The summed E-state index contributed by atoms with van der Waals surface area (Å²) in [5, 5.41) is 0. The van der Waals surface area contributed by atoms with Crippen LogP contribution in [0.4, 0.5) is 0 Å². The summed E-state index contributed by atoms with van der Waals surface area (Å²) in [6.07, 6.45) is 0.681. The summed E-state index contributed by atoms with van der Waals surface area (Å²) in [4.78, 5) is 13.0. The maximum absolute atomic E-state index is 11.4. The highest BCUT2D eigenvalue weighted by atomic mass is 16.5. The van der Waals surface area contributed by atoms with E-state index in [1.54, 1.807) is 26.0 Å². The van der Waals surface area contributed by atoms with Crippen molar-refractivity contribution in [2.45, 2.75) is 26.0 Å². The first-order valence-corrected chi connectivity index (χ1v) is 5.33. The fraction of sp³-hybridized carbons (Fsp3) is 0.462. The molecular weight excluding hydrogens is 202 g/mol. The maximum Gasteiger partial charge on any atom is 0.221 e. The van der Waals surface area contributed by atoms with E-state index in [0.717, 1.165) is 5.56 Å². The molecule has 0 fully saturated rings. The molecule has 0 saturated carbocycles. The van der Waals surface area contributed by atoms with Gasteiger partial charge in [-0.05, 0) is 12.5 Å². The van der Waals surface area contributed by atoms with Gasteiger partial charge >= 0.3 is 0 Å². The van der Waals surface area contributed by atoms with Gasteiger partial charge in [-0.15, -0.1) is 0 Å². The molecule has 1 unspecified atom stereocenters. The van der Waals surface area contributed by atoms with Crippen molar-refractivity contribution in [2.24, 2.45) is 0 Å². The minimum absolute atomic E-state index is 0.000260. The molecule has 0 radical (unpaired) electrons. The van der Waals surface area contributed by atoms with E-state index in [0.29, 0.717) is 6.42 Å². The van der Waals surface area contributed by atoms with Crippen LogP contribution in [0.15, 0.2) is 30.3 Å². The Morgan fingerprint density at radius 3 is 2.38 bits per heavy atom. The number of hydrogen-bond acceptors (Lipinski definition) is 2.